The summed E-state index contributed by atoms with van der Waals surface area (Å²) in [5, 5.41) is 33.3. The van der Waals surface area contributed by atoms with Gasteiger partial charge in [0.1, 0.15) is 0 Å². The first-order valence-electron chi connectivity index (χ1n) is 1.22. The summed E-state index contributed by atoms with van der Waals surface area (Å²) in [4.78, 5) is 16.7. The molecule has 0 amide bonds. The van der Waals surface area contributed by atoms with Crippen LogP contribution in [0.3, 0.4) is 0 Å². The molecule has 0 aromatic heterocycles. The number of hydrogen-bond donors (Lipinski definition) is 0. The van der Waals surface area contributed by atoms with Crippen molar-refractivity contribution in [3.05, 3.63) is 0 Å². The summed E-state index contributed by atoms with van der Waals surface area (Å²) in [5.41, 5.74) is 0. The smallest absolute Gasteiger partial charge is 4.00 e. The monoisotopic (exact) mass is 440 g/mol. The zero-order chi connectivity index (χ0) is 7.15. The molecule has 0 fully saturated rings. The van der Waals surface area contributed by atoms with Crippen molar-refractivity contribution >= 4 is 107 Å². The summed E-state index contributed by atoms with van der Waals surface area (Å²) in [6.45, 7) is 0. The van der Waals surface area contributed by atoms with Gasteiger partial charge in [0.05, 0.1) is 0 Å². The molecule has 11 heavy (non-hydrogen) atoms. The SMILES string of the molecule is O=C([O-])[O-].O=C([O-])[O-].[BaH2].[SrH2].[Zr+4]. The van der Waals surface area contributed by atoms with Gasteiger partial charge in [0.25, 0.3) is 0 Å². The van der Waals surface area contributed by atoms with Crippen molar-refractivity contribution in [1.82, 2.24) is 0 Å². The number of carbonyl (C=O) groups is 2. The second-order valence-corrected chi connectivity index (χ2v) is 0.500. The van der Waals surface area contributed by atoms with Crippen LogP contribution in [0.5, 0.6) is 0 Å². The normalized spacial score (nSPS) is 4.36. The Kier molecular flexibility index (Phi) is 60.7. The van der Waals surface area contributed by atoms with E-state index in [4.69, 9.17) is 30.0 Å². The van der Waals surface area contributed by atoms with Crippen molar-refractivity contribution in [1.29, 1.82) is 0 Å². The Morgan fingerprint density at radius 1 is 0.818 bits per heavy atom. The van der Waals surface area contributed by atoms with Crippen LogP contribution in [0, 0.1) is 0 Å². The molecule has 0 aliphatic rings. The standard InChI is InChI=1S/2CH2O3.Ba.Sr.Zr.4H/c2*2-1(3)4;;;;;;;/h2*(H2,2,3,4);;;;;;;/q;;;;+4;;;;/p-4. The van der Waals surface area contributed by atoms with Crippen LogP contribution >= 0.6 is 0 Å². The topological polar surface area (TPSA) is 126 Å². The van der Waals surface area contributed by atoms with Gasteiger partial charge >= 0.3 is 121 Å². The van der Waals surface area contributed by atoms with Crippen LogP contribution in [0.15, 0.2) is 0 Å². The zero-order valence-electron chi connectivity index (χ0n) is 3.95. The number of carbonyl (C=O) groups excluding carboxylic acids is 2. The van der Waals surface area contributed by atoms with E-state index in [1.807, 2.05) is 0 Å². The molecule has 0 unspecified atom stereocenters. The van der Waals surface area contributed by atoms with E-state index < -0.39 is 12.3 Å². The molecule has 0 saturated heterocycles. The van der Waals surface area contributed by atoms with E-state index in [0.717, 1.165) is 0 Å². The van der Waals surface area contributed by atoms with Crippen LogP contribution in [-0.2, 0) is 26.2 Å². The maximum Gasteiger partial charge on any atom is 4.00 e. The minimum Gasteiger partial charge on any atom is 4.00 e. The summed E-state index contributed by atoms with van der Waals surface area (Å²) in [5.74, 6) is 0. The van der Waals surface area contributed by atoms with Crippen molar-refractivity contribution in [2.24, 2.45) is 0 Å². The minimum absolute atomic E-state index is 0. The third-order valence-electron chi connectivity index (χ3n) is 0. The summed E-state index contributed by atoms with van der Waals surface area (Å²) in [7, 11) is 0. The zero-order valence-corrected chi connectivity index (χ0v) is 6.41. The third kappa shape index (κ3) is 223. The average molecular weight is 440 g/mol. The van der Waals surface area contributed by atoms with E-state index in [0.29, 0.717) is 0 Å². The third-order valence-corrected chi connectivity index (χ3v) is 0. The fourth-order valence-electron chi connectivity index (χ4n) is 0. The van der Waals surface area contributed by atoms with Crippen molar-refractivity contribution in [3.63, 3.8) is 0 Å². The Morgan fingerprint density at radius 3 is 0.818 bits per heavy atom. The Hall–Kier alpha value is 2.48. The largest absolute Gasteiger partial charge is 4.00 e. The molecule has 0 saturated carbocycles. The second-order valence-electron chi connectivity index (χ2n) is 0.500. The van der Waals surface area contributed by atoms with Gasteiger partial charge in [-0.2, -0.15) is 0 Å². The molecule has 0 N–H and O–H groups in total. The molecule has 0 bridgehead atoms. The first-order chi connectivity index (χ1) is 3.46. The fraction of sp³-hybridized carbons (Fsp3) is 0. The van der Waals surface area contributed by atoms with E-state index in [-0.39, 0.29) is 121 Å². The molecular formula is C2H4BaO6SrZr. The quantitative estimate of drug-likeness (QED) is 0.345. The van der Waals surface area contributed by atoms with Crippen molar-refractivity contribution in [2.45, 2.75) is 0 Å². The van der Waals surface area contributed by atoms with Gasteiger partial charge < -0.3 is 30.0 Å². The van der Waals surface area contributed by atoms with Gasteiger partial charge in [-0.15, -0.1) is 0 Å². The van der Waals surface area contributed by atoms with Crippen molar-refractivity contribution < 1.29 is 56.2 Å². The maximum absolute atomic E-state index is 8.33. The Bertz CT molecular complexity index is 78.6. The molecule has 0 atom stereocenters. The summed E-state index contributed by atoms with van der Waals surface area (Å²) in [6, 6.07) is 0. The molecule has 0 aromatic rings. The minimum atomic E-state index is -2.33. The average Bonchev–Trinajstić information content (AvgIpc) is 1.25. The van der Waals surface area contributed by atoms with Crippen LogP contribution in [0.4, 0.5) is 9.59 Å². The van der Waals surface area contributed by atoms with E-state index in [9.17, 15) is 0 Å². The van der Waals surface area contributed by atoms with Gasteiger partial charge in [0.2, 0.25) is 0 Å². The predicted octanol–water partition coefficient (Wildman–Crippen LogP) is -6.73. The Morgan fingerprint density at radius 2 is 0.818 bits per heavy atom. The van der Waals surface area contributed by atoms with Gasteiger partial charge in [-0.1, -0.05) is 0 Å². The van der Waals surface area contributed by atoms with E-state index >= 15 is 0 Å². The second kappa shape index (κ2) is 22.9. The van der Waals surface area contributed by atoms with Gasteiger partial charge in [-0.3, -0.25) is 0 Å². The van der Waals surface area contributed by atoms with Crippen LogP contribution in [-0.4, -0.2) is 107 Å². The number of hydrogen-bond acceptors (Lipinski definition) is 6. The molecule has 0 radical (unpaired) electrons. The maximum atomic E-state index is 8.33. The molecule has 56 valence electrons. The number of carboxylic acid groups (broad SMARTS) is 4. The molecule has 0 heterocycles. The molecule has 9 heteroatoms. The number of rotatable bonds is 0. The predicted molar refractivity (Wildman–Crippen MR) is 27.9 cm³/mol. The van der Waals surface area contributed by atoms with Crippen LogP contribution in [0.2, 0.25) is 0 Å². The molecule has 6 nitrogen and oxygen atoms in total. The molecule has 0 aromatic carbocycles. The first-order valence-corrected chi connectivity index (χ1v) is 1.22. The molecule has 0 aliphatic carbocycles. The molecule has 0 rings (SSSR count). The van der Waals surface area contributed by atoms with E-state index in [1.54, 1.807) is 0 Å². The molecule has 0 aliphatic heterocycles. The molecular weight excluding hydrogens is 436 g/mol. The Balaban J connectivity index is -0.0000000171. The van der Waals surface area contributed by atoms with E-state index in [1.165, 1.54) is 0 Å². The van der Waals surface area contributed by atoms with Crippen LogP contribution in [0.25, 0.3) is 0 Å². The summed E-state index contributed by atoms with van der Waals surface area (Å²) >= 11 is 0. The summed E-state index contributed by atoms with van der Waals surface area (Å²) < 4.78 is 0. The summed E-state index contributed by atoms with van der Waals surface area (Å²) in [6.07, 6.45) is -4.67. The van der Waals surface area contributed by atoms with Crippen LogP contribution < -0.4 is 20.4 Å². The van der Waals surface area contributed by atoms with Crippen molar-refractivity contribution in [3.8, 4) is 0 Å². The molecule has 0 spiro atoms. The first kappa shape index (κ1) is 29.2. The fourth-order valence-corrected chi connectivity index (χ4v) is 0. The van der Waals surface area contributed by atoms with E-state index in [2.05, 4.69) is 0 Å². The Labute approximate surface area is 159 Å². The van der Waals surface area contributed by atoms with Gasteiger partial charge in [0, 0.05) is 0 Å². The van der Waals surface area contributed by atoms with Crippen LogP contribution in [0.1, 0.15) is 0 Å². The van der Waals surface area contributed by atoms with Crippen molar-refractivity contribution in [2.75, 3.05) is 0 Å². The van der Waals surface area contributed by atoms with Gasteiger partial charge in [0.15, 0.2) is 0 Å². The van der Waals surface area contributed by atoms with Gasteiger partial charge in [-0.05, 0) is 12.3 Å². The van der Waals surface area contributed by atoms with Gasteiger partial charge in [-0.25, -0.2) is 0 Å².